The van der Waals surface area contributed by atoms with E-state index in [-0.39, 0.29) is 17.8 Å². The van der Waals surface area contributed by atoms with E-state index in [1.807, 2.05) is 18.2 Å². The minimum atomic E-state index is -0.119. The zero-order valence-corrected chi connectivity index (χ0v) is 10.3. The summed E-state index contributed by atoms with van der Waals surface area (Å²) in [5, 5.41) is 9.19. The molecule has 3 nitrogen and oxygen atoms in total. The predicted octanol–water partition coefficient (Wildman–Crippen LogP) is 2.31. The van der Waals surface area contributed by atoms with E-state index in [0.717, 1.165) is 12.0 Å². The first-order valence-electron chi connectivity index (χ1n) is 5.94. The molecule has 2 rings (SSSR count). The Hall–Kier alpha value is -1.35. The number of benzene rings is 1. The zero-order valence-electron chi connectivity index (χ0n) is 10.3. The van der Waals surface area contributed by atoms with Gasteiger partial charge in [-0.15, -0.1) is 0 Å². The van der Waals surface area contributed by atoms with E-state index in [2.05, 4.69) is 6.92 Å². The first-order valence-corrected chi connectivity index (χ1v) is 5.94. The van der Waals surface area contributed by atoms with Crippen LogP contribution in [0.3, 0.4) is 0 Å². The van der Waals surface area contributed by atoms with Crippen molar-refractivity contribution in [3.8, 4) is 5.75 Å². The van der Waals surface area contributed by atoms with Gasteiger partial charge in [0.15, 0.2) is 5.78 Å². The number of hydrogen-bond donors (Lipinski definition) is 1. The third-order valence-electron chi connectivity index (χ3n) is 3.74. The average molecular weight is 234 g/mol. The van der Waals surface area contributed by atoms with Crippen LogP contribution < -0.4 is 4.74 Å². The molecule has 0 amide bonds. The predicted molar refractivity (Wildman–Crippen MR) is 65.6 cm³/mol. The molecule has 0 spiro atoms. The Labute approximate surface area is 101 Å². The number of rotatable bonds is 3. The van der Waals surface area contributed by atoms with Gasteiger partial charge in [0, 0.05) is 13.0 Å². The quantitative estimate of drug-likeness (QED) is 0.873. The number of fused-ring (bicyclic) bond motifs is 1. The minimum Gasteiger partial charge on any atom is -0.496 e. The lowest BCUT2D eigenvalue weighted by atomic mass is 9.69. The molecule has 0 saturated heterocycles. The number of carbonyl (C=O) groups excluding carboxylic acids is 1. The van der Waals surface area contributed by atoms with Crippen LogP contribution in [0.4, 0.5) is 0 Å². The Morgan fingerprint density at radius 3 is 2.88 bits per heavy atom. The van der Waals surface area contributed by atoms with Gasteiger partial charge < -0.3 is 9.84 Å². The molecule has 0 radical (unpaired) electrons. The first kappa shape index (κ1) is 12.1. The number of aliphatic hydroxyl groups excluding tert-OH is 1. The highest BCUT2D eigenvalue weighted by atomic mass is 16.5. The highest BCUT2D eigenvalue weighted by Gasteiger charge is 2.36. The summed E-state index contributed by atoms with van der Waals surface area (Å²) in [6.07, 6.45) is 2.01. The van der Waals surface area contributed by atoms with Crippen molar-refractivity contribution < 1.29 is 14.6 Å². The van der Waals surface area contributed by atoms with Gasteiger partial charge in [-0.1, -0.05) is 19.1 Å². The lowest BCUT2D eigenvalue weighted by molar-refractivity contribution is 0.0942. The highest BCUT2D eigenvalue weighted by Crippen LogP contribution is 2.42. The number of ketones is 1. The lowest BCUT2D eigenvalue weighted by Gasteiger charge is -2.35. The summed E-state index contributed by atoms with van der Waals surface area (Å²) in [4.78, 5) is 12.0. The molecule has 92 valence electrons. The Balaban J connectivity index is 2.57. The Morgan fingerprint density at radius 1 is 1.47 bits per heavy atom. The largest absolute Gasteiger partial charge is 0.496 e. The molecule has 1 aliphatic carbocycles. The van der Waals surface area contributed by atoms with Crippen LogP contribution in [0, 0.1) is 0 Å². The minimum absolute atomic E-state index is 0.119. The molecule has 1 atom stereocenters. The number of ether oxygens (including phenoxy) is 1. The van der Waals surface area contributed by atoms with Crippen molar-refractivity contribution in [1.29, 1.82) is 0 Å². The molecule has 3 heteroatoms. The number of methoxy groups -OCH3 is 1. The molecule has 0 bridgehead atoms. The summed E-state index contributed by atoms with van der Waals surface area (Å²) in [6, 6.07) is 5.71. The summed E-state index contributed by atoms with van der Waals surface area (Å²) in [7, 11) is 1.58. The van der Waals surface area contributed by atoms with E-state index < -0.39 is 0 Å². The smallest absolute Gasteiger partial charge is 0.166 e. The van der Waals surface area contributed by atoms with Crippen LogP contribution in [-0.2, 0) is 5.41 Å². The summed E-state index contributed by atoms with van der Waals surface area (Å²) >= 11 is 0. The van der Waals surface area contributed by atoms with E-state index in [1.165, 1.54) is 0 Å². The molecule has 1 N–H and O–H groups in total. The second-order valence-electron chi connectivity index (χ2n) is 4.84. The standard InChI is InChI=1S/C14H18O3/c1-14(8-9-15)7-6-11(16)13-10(14)4-3-5-12(13)17-2/h3-5,15H,6-9H2,1-2H3. The second-order valence-corrected chi connectivity index (χ2v) is 4.84. The van der Waals surface area contributed by atoms with E-state index in [4.69, 9.17) is 4.74 Å². The summed E-state index contributed by atoms with van der Waals surface area (Å²) < 4.78 is 5.27. The normalized spacial score (nSPS) is 23.4. The van der Waals surface area contributed by atoms with Crippen molar-refractivity contribution in [1.82, 2.24) is 0 Å². The maximum atomic E-state index is 12.0. The molecule has 1 unspecified atom stereocenters. The van der Waals surface area contributed by atoms with Crippen LogP contribution in [0.2, 0.25) is 0 Å². The maximum absolute atomic E-state index is 12.0. The van der Waals surface area contributed by atoms with Gasteiger partial charge in [-0.3, -0.25) is 4.79 Å². The second kappa shape index (κ2) is 4.49. The fraction of sp³-hybridized carbons (Fsp3) is 0.500. The molecule has 1 aliphatic rings. The lowest BCUT2D eigenvalue weighted by Crippen LogP contribution is -2.31. The molecular weight excluding hydrogens is 216 g/mol. The topological polar surface area (TPSA) is 46.5 Å². The van der Waals surface area contributed by atoms with Crippen molar-refractivity contribution >= 4 is 5.78 Å². The van der Waals surface area contributed by atoms with Gasteiger partial charge in [0.1, 0.15) is 5.75 Å². The van der Waals surface area contributed by atoms with Crippen LogP contribution in [0.5, 0.6) is 5.75 Å². The van der Waals surface area contributed by atoms with E-state index in [1.54, 1.807) is 7.11 Å². The van der Waals surface area contributed by atoms with Gasteiger partial charge >= 0.3 is 0 Å². The van der Waals surface area contributed by atoms with Crippen molar-refractivity contribution in [3.63, 3.8) is 0 Å². The molecule has 17 heavy (non-hydrogen) atoms. The molecule has 0 saturated carbocycles. The van der Waals surface area contributed by atoms with Crippen LogP contribution in [0.15, 0.2) is 18.2 Å². The first-order chi connectivity index (χ1) is 8.12. The number of hydrogen-bond acceptors (Lipinski definition) is 3. The van der Waals surface area contributed by atoms with Gasteiger partial charge in [-0.25, -0.2) is 0 Å². The van der Waals surface area contributed by atoms with Gasteiger partial charge in [0.2, 0.25) is 0 Å². The van der Waals surface area contributed by atoms with Crippen molar-refractivity contribution in [2.45, 2.75) is 31.6 Å². The van der Waals surface area contributed by atoms with Gasteiger partial charge in [0.05, 0.1) is 12.7 Å². The maximum Gasteiger partial charge on any atom is 0.166 e. The Morgan fingerprint density at radius 2 is 2.24 bits per heavy atom. The molecule has 0 heterocycles. The fourth-order valence-corrected chi connectivity index (χ4v) is 2.65. The van der Waals surface area contributed by atoms with E-state index >= 15 is 0 Å². The van der Waals surface area contributed by atoms with Crippen LogP contribution in [-0.4, -0.2) is 24.6 Å². The van der Waals surface area contributed by atoms with Crippen molar-refractivity contribution in [2.24, 2.45) is 0 Å². The van der Waals surface area contributed by atoms with Crippen molar-refractivity contribution in [2.75, 3.05) is 13.7 Å². The van der Waals surface area contributed by atoms with Gasteiger partial charge in [-0.2, -0.15) is 0 Å². The number of Topliss-reactive ketones (excluding diaryl/α,β-unsaturated/α-hetero) is 1. The molecule has 1 aromatic carbocycles. The summed E-state index contributed by atoms with van der Waals surface area (Å²) in [6.45, 7) is 2.25. The Kier molecular flexibility index (Phi) is 3.20. The molecule has 0 aromatic heterocycles. The van der Waals surface area contributed by atoms with E-state index in [0.29, 0.717) is 24.2 Å². The monoisotopic (exact) mass is 234 g/mol. The third-order valence-corrected chi connectivity index (χ3v) is 3.74. The summed E-state index contributed by atoms with van der Waals surface area (Å²) in [5.74, 6) is 0.796. The molecule has 1 aromatic rings. The molecular formula is C14H18O3. The zero-order chi connectivity index (χ0) is 12.5. The average Bonchev–Trinajstić information content (AvgIpc) is 2.34. The summed E-state index contributed by atoms with van der Waals surface area (Å²) in [5.41, 5.74) is 1.60. The SMILES string of the molecule is COc1cccc2c1C(=O)CCC2(C)CCO. The van der Waals surface area contributed by atoms with Crippen LogP contribution >= 0.6 is 0 Å². The van der Waals surface area contributed by atoms with E-state index in [9.17, 15) is 9.90 Å². The molecule has 0 aliphatic heterocycles. The van der Waals surface area contributed by atoms with Crippen LogP contribution in [0.1, 0.15) is 42.1 Å². The van der Waals surface area contributed by atoms with Crippen molar-refractivity contribution in [3.05, 3.63) is 29.3 Å². The number of carbonyl (C=O) groups is 1. The molecule has 0 fully saturated rings. The fourth-order valence-electron chi connectivity index (χ4n) is 2.65. The third kappa shape index (κ3) is 1.95. The Bertz CT molecular complexity index is 439. The highest BCUT2D eigenvalue weighted by molar-refractivity contribution is 6.01. The van der Waals surface area contributed by atoms with Gasteiger partial charge in [0.25, 0.3) is 0 Å². The van der Waals surface area contributed by atoms with Crippen LogP contribution in [0.25, 0.3) is 0 Å². The van der Waals surface area contributed by atoms with Gasteiger partial charge in [-0.05, 0) is 29.9 Å². The number of aliphatic hydroxyl groups is 1.